The number of rotatable bonds is 6. The molecule has 6 heterocycles. The first-order valence-corrected chi connectivity index (χ1v) is 14.4. The molecule has 0 saturated carbocycles. The lowest BCUT2D eigenvalue weighted by molar-refractivity contribution is 0.387. The van der Waals surface area contributed by atoms with Gasteiger partial charge in [0.05, 0.1) is 35.7 Å². The van der Waals surface area contributed by atoms with Crippen LogP contribution in [0.25, 0.3) is 27.5 Å². The van der Waals surface area contributed by atoms with Gasteiger partial charge in [0.1, 0.15) is 11.5 Å². The van der Waals surface area contributed by atoms with Gasteiger partial charge in [-0.3, -0.25) is 4.40 Å². The van der Waals surface area contributed by atoms with Crippen LogP contribution in [0.4, 0.5) is 17.5 Å². The standard InChI is InChI=1S/C25H24N8O2S2/c1-37(34,35)32-12-10-31(11-13-32)23-7-5-19(15-27-23)29-25-26-9-8-20(30-25)21-16-28-24-6-4-18(17-33(21)24)22-3-2-14-36-22/h2-9,14-17H,10-13H2,1H3,(H,26,29,30). The molecule has 1 aliphatic heterocycles. The van der Waals surface area contributed by atoms with E-state index in [1.807, 2.05) is 40.9 Å². The quantitative estimate of drug-likeness (QED) is 0.352. The summed E-state index contributed by atoms with van der Waals surface area (Å²) in [6.07, 6.45) is 8.60. The fourth-order valence-electron chi connectivity index (χ4n) is 4.35. The maximum Gasteiger partial charge on any atom is 0.227 e. The Morgan fingerprint density at radius 3 is 2.54 bits per heavy atom. The molecule has 0 atom stereocenters. The van der Waals surface area contributed by atoms with Crippen molar-refractivity contribution in [2.75, 3.05) is 42.7 Å². The van der Waals surface area contributed by atoms with E-state index in [2.05, 4.69) is 48.9 Å². The zero-order valence-electron chi connectivity index (χ0n) is 20.0. The average molecular weight is 533 g/mol. The first kappa shape index (κ1) is 23.5. The van der Waals surface area contributed by atoms with Crippen LogP contribution in [-0.2, 0) is 10.0 Å². The molecule has 37 heavy (non-hydrogen) atoms. The maximum absolute atomic E-state index is 11.7. The Morgan fingerprint density at radius 1 is 0.946 bits per heavy atom. The zero-order valence-corrected chi connectivity index (χ0v) is 21.7. The summed E-state index contributed by atoms with van der Waals surface area (Å²) >= 11 is 1.70. The molecule has 1 aliphatic rings. The minimum atomic E-state index is -3.16. The largest absolute Gasteiger partial charge is 0.354 e. The fraction of sp³-hybridized carbons (Fsp3) is 0.200. The third-order valence-electron chi connectivity index (χ3n) is 6.26. The second kappa shape index (κ2) is 9.54. The van der Waals surface area contributed by atoms with Gasteiger partial charge in [-0.05, 0) is 41.8 Å². The van der Waals surface area contributed by atoms with Crippen molar-refractivity contribution in [3.63, 3.8) is 0 Å². The summed E-state index contributed by atoms with van der Waals surface area (Å²) in [5.74, 6) is 1.26. The Morgan fingerprint density at radius 2 is 1.81 bits per heavy atom. The van der Waals surface area contributed by atoms with Crippen LogP contribution < -0.4 is 10.2 Å². The molecular weight excluding hydrogens is 508 g/mol. The van der Waals surface area contributed by atoms with Crippen molar-refractivity contribution in [3.8, 4) is 21.8 Å². The highest BCUT2D eigenvalue weighted by atomic mass is 32.2. The second-order valence-electron chi connectivity index (χ2n) is 8.71. The van der Waals surface area contributed by atoms with Crippen molar-refractivity contribution in [1.82, 2.24) is 28.6 Å². The van der Waals surface area contributed by atoms with Gasteiger partial charge in [-0.15, -0.1) is 11.3 Å². The van der Waals surface area contributed by atoms with Crippen molar-refractivity contribution in [2.24, 2.45) is 0 Å². The van der Waals surface area contributed by atoms with E-state index >= 15 is 0 Å². The van der Waals surface area contributed by atoms with Crippen LogP contribution in [0.3, 0.4) is 0 Å². The van der Waals surface area contributed by atoms with Crippen LogP contribution in [0.1, 0.15) is 0 Å². The highest BCUT2D eigenvalue weighted by Crippen LogP contribution is 2.28. The van der Waals surface area contributed by atoms with E-state index < -0.39 is 10.0 Å². The van der Waals surface area contributed by atoms with Gasteiger partial charge in [0.15, 0.2) is 0 Å². The second-order valence-corrected chi connectivity index (χ2v) is 11.6. The normalized spacial score (nSPS) is 14.8. The van der Waals surface area contributed by atoms with Gasteiger partial charge in [-0.25, -0.2) is 28.4 Å². The van der Waals surface area contributed by atoms with Crippen molar-refractivity contribution >= 4 is 44.5 Å². The Bertz CT molecular complexity index is 1640. The van der Waals surface area contributed by atoms with E-state index in [0.29, 0.717) is 32.1 Å². The zero-order chi connectivity index (χ0) is 25.4. The maximum atomic E-state index is 11.7. The molecule has 0 amide bonds. The number of imidazole rings is 1. The first-order chi connectivity index (χ1) is 17.9. The van der Waals surface area contributed by atoms with Crippen LogP contribution in [0.5, 0.6) is 0 Å². The highest BCUT2D eigenvalue weighted by molar-refractivity contribution is 7.88. The molecule has 6 rings (SSSR count). The molecule has 0 bridgehead atoms. The molecule has 0 aliphatic carbocycles. The van der Waals surface area contributed by atoms with Crippen molar-refractivity contribution < 1.29 is 8.42 Å². The van der Waals surface area contributed by atoms with Gasteiger partial charge in [-0.1, -0.05) is 6.07 Å². The monoisotopic (exact) mass is 532 g/mol. The van der Waals surface area contributed by atoms with Crippen molar-refractivity contribution in [2.45, 2.75) is 0 Å². The van der Waals surface area contributed by atoms with Gasteiger partial charge < -0.3 is 10.2 Å². The van der Waals surface area contributed by atoms with Crippen LogP contribution >= 0.6 is 11.3 Å². The molecule has 1 fully saturated rings. The van der Waals surface area contributed by atoms with Crippen LogP contribution in [0, 0.1) is 0 Å². The third kappa shape index (κ3) is 4.90. The molecule has 5 aromatic rings. The lowest BCUT2D eigenvalue weighted by Gasteiger charge is -2.33. The van der Waals surface area contributed by atoms with Gasteiger partial charge in [0.2, 0.25) is 16.0 Å². The molecule has 0 unspecified atom stereocenters. The number of pyridine rings is 2. The lowest BCUT2D eigenvalue weighted by atomic mass is 10.2. The minimum absolute atomic E-state index is 0.457. The summed E-state index contributed by atoms with van der Waals surface area (Å²) in [5, 5.41) is 5.29. The van der Waals surface area contributed by atoms with Gasteiger partial charge in [0, 0.05) is 49.0 Å². The molecule has 10 nitrogen and oxygen atoms in total. The van der Waals surface area contributed by atoms with Crippen LogP contribution in [0.2, 0.25) is 0 Å². The molecule has 188 valence electrons. The first-order valence-electron chi connectivity index (χ1n) is 11.7. The summed E-state index contributed by atoms with van der Waals surface area (Å²) in [5.41, 5.74) is 4.36. The summed E-state index contributed by atoms with van der Waals surface area (Å²) in [6, 6.07) is 13.9. The molecule has 1 N–H and O–H groups in total. The van der Waals surface area contributed by atoms with Crippen LogP contribution in [0.15, 0.2) is 72.6 Å². The van der Waals surface area contributed by atoms with Crippen molar-refractivity contribution in [1.29, 1.82) is 0 Å². The summed E-state index contributed by atoms with van der Waals surface area (Å²) < 4.78 is 27.0. The van der Waals surface area contributed by atoms with Crippen LogP contribution in [-0.4, -0.2) is 69.5 Å². The Balaban J connectivity index is 1.19. The Kier molecular flexibility index (Phi) is 6.07. The number of hydrogen-bond acceptors (Lipinski definition) is 9. The van der Waals surface area contributed by atoms with E-state index in [-0.39, 0.29) is 0 Å². The summed E-state index contributed by atoms with van der Waals surface area (Å²) in [7, 11) is -3.16. The minimum Gasteiger partial charge on any atom is -0.354 e. The summed E-state index contributed by atoms with van der Waals surface area (Å²) in [6.45, 7) is 2.12. The number of fused-ring (bicyclic) bond motifs is 1. The summed E-state index contributed by atoms with van der Waals surface area (Å²) in [4.78, 5) is 21.5. The predicted octanol–water partition coefficient (Wildman–Crippen LogP) is 3.74. The number of piperazine rings is 1. The number of hydrogen-bond donors (Lipinski definition) is 1. The smallest absolute Gasteiger partial charge is 0.227 e. The topological polar surface area (TPSA) is 109 Å². The number of sulfonamides is 1. The molecule has 0 aromatic carbocycles. The molecule has 0 spiro atoms. The number of anilines is 3. The van der Waals surface area contributed by atoms with Gasteiger partial charge in [0.25, 0.3) is 0 Å². The molecule has 5 aromatic heterocycles. The molecule has 0 radical (unpaired) electrons. The molecule has 12 heteroatoms. The number of thiophene rings is 1. The Labute approximate surface area is 218 Å². The van der Waals surface area contributed by atoms with Crippen molar-refractivity contribution in [3.05, 3.63) is 72.6 Å². The molecule has 1 saturated heterocycles. The SMILES string of the molecule is CS(=O)(=O)N1CCN(c2ccc(Nc3nccc(-c4cnc5ccc(-c6cccs6)cn45)n3)cn2)CC1. The third-order valence-corrected chi connectivity index (χ3v) is 8.49. The van der Waals surface area contributed by atoms with Gasteiger partial charge in [-0.2, -0.15) is 4.31 Å². The van der Waals surface area contributed by atoms with E-state index in [9.17, 15) is 8.42 Å². The van der Waals surface area contributed by atoms with E-state index in [1.165, 1.54) is 15.4 Å². The lowest BCUT2D eigenvalue weighted by Crippen LogP contribution is -2.48. The highest BCUT2D eigenvalue weighted by Gasteiger charge is 2.24. The van der Waals surface area contributed by atoms with E-state index in [4.69, 9.17) is 4.98 Å². The van der Waals surface area contributed by atoms with E-state index in [0.717, 1.165) is 34.1 Å². The fourth-order valence-corrected chi connectivity index (χ4v) is 5.89. The number of nitrogens with one attached hydrogen (secondary N) is 1. The predicted molar refractivity (Wildman–Crippen MR) is 146 cm³/mol. The molecular formula is C25H24N8O2S2. The Hall–Kier alpha value is -3.87. The number of aromatic nitrogens is 5. The van der Waals surface area contributed by atoms with E-state index in [1.54, 1.807) is 23.7 Å². The average Bonchev–Trinajstić information content (AvgIpc) is 3.59. The van der Waals surface area contributed by atoms with Gasteiger partial charge >= 0.3 is 0 Å². The number of nitrogens with zero attached hydrogens (tertiary/aromatic N) is 7.